The molecule has 0 atom stereocenters. The van der Waals surface area contributed by atoms with Gasteiger partial charge in [-0.2, -0.15) is 10.4 Å². The molecule has 0 spiro atoms. The Morgan fingerprint density at radius 2 is 2.28 bits per heavy atom. The summed E-state index contributed by atoms with van der Waals surface area (Å²) in [6, 6.07) is 6.04. The van der Waals surface area contributed by atoms with Crippen molar-refractivity contribution in [3.8, 4) is 6.07 Å². The van der Waals surface area contributed by atoms with Gasteiger partial charge in [-0.3, -0.25) is 0 Å². The zero-order valence-corrected chi connectivity index (χ0v) is 15.4. The highest BCUT2D eigenvalue weighted by atomic mass is 32.1. The lowest BCUT2D eigenvalue weighted by Crippen LogP contribution is -2.13. The number of hydrogen-bond donors (Lipinski definition) is 1. The number of hydrogen-bond acceptors (Lipinski definition) is 6. The standard InChI is InChI=1S/C19H24N4OS/c1-2-3-5-14-7-9-15(10-8-14)18-22-17(12-20)19(24-18)23-21-13-16-6-4-11-25-16/h4,6,11,13-15,23H,2-3,5,7-10H2,1H3/b21-13-. The van der Waals surface area contributed by atoms with E-state index < -0.39 is 0 Å². The summed E-state index contributed by atoms with van der Waals surface area (Å²) >= 11 is 1.60. The molecule has 0 saturated heterocycles. The van der Waals surface area contributed by atoms with Crippen molar-refractivity contribution in [2.45, 2.75) is 57.8 Å². The van der Waals surface area contributed by atoms with Gasteiger partial charge in [0.25, 0.3) is 5.88 Å². The van der Waals surface area contributed by atoms with Crippen molar-refractivity contribution in [3.05, 3.63) is 34.0 Å². The second-order valence-electron chi connectivity index (χ2n) is 6.59. The van der Waals surface area contributed by atoms with Crippen molar-refractivity contribution in [3.63, 3.8) is 0 Å². The molecule has 0 radical (unpaired) electrons. The van der Waals surface area contributed by atoms with E-state index in [1.54, 1.807) is 17.6 Å². The van der Waals surface area contributed by atoms with Crippen molar-refractivity contribution in [2.75, 3.05) is 5.43 Å². The highest BCUT2D eigenvalue weighted by Gasteiger charge is 2.27. The molecule has 5 nitrogen and oxygen atoms in total. The van der Waals surface area contributed by atoms with Crippen LogP contribution in [-0.4, -0.2) is 11.2 Å². The van der Waals surface area contributed by atoms with Gasteiger partial charge in [0.15, 0.2) is 0 Å². The minimum atomic E-state index is 0.284. The van der Waals surface area contributed by atoms with Crippen LogP contribution >= 0.6 is 11.3 Å². The van der Waals surface area contributed by atoms with Crippen LogP contribution in [0.3, 0.4) is 0 Å². The highest BCUT2D eigenvalue weighted by Crippen LogP contribution is 2.38. The number of nitriles is 1. The Kier molecular flexibility index (Phi) is 6.24. The van der Waals surface area contributed by atoms with Crippen LogP contribution in [0.1, 0.15) is 74.2 Å². The van der Waals surface area contributed by atoms with E-state index in [9.17, 15) is 5.26 Å². The topological polar surface area (TPSA) is 74.2 Å². The summed E-state index contributed by atoms with van der Waals surface area (Å²) < 4.78 is 5.83. The van der Waals surface area contributed by atoms with Gasteiger partial charge in [0.05, 0.1) is 6.21 Å². The Labute approximate surface area is 152 Å². The predicted octanol–water partition coefficient (Wildman–Crippen LogP) is 5.52. The third-order valence-corrected chi connectivity index (χ3v) is 5.62. The maximum Gasteiger partial charge on any atom is 0.252 e. The molecule has 0 bridgehead atoms. The first-order valence-corrected chi connectivity index (χ1v) is 9.91. The molecule has 0 aromatic carbocycles. The van der Waals surface area contributed by atoms with Crippen molar-refractivity contribution in [2.24, 2.45) is 11.0 Å². The maximum atomic E-state index is 9.29. The van der Waals surface area contributed by atoms with E-state index in [1.165, 1.54) is 32.1 Å². The van der Waals surface area contributed by atoms with E-state index in [2.05, 4.69) is 28.5 Å². The molecule has 0 unspecified atom stereocenters. The lowest BCUT2D eigenvalue weighted by atomic mass is 9.80. The van der Waals surface area contributed by atoms with Gasteiger partial charge in [-0.25, -0.2) is 10.4 Å². The molecule has 1 aliphatic carbocycles. The smallest absolute Gasteiger partial charge is 0.252 e. The molecule has 0 aliphatic heterocycles. The van der Waals surface area contributed by atoms with E-state index in [1.807, 2.05) is 17.5 Å². The third kappa shape index (κ3) is 4.70. The Bertz CT molecular complexity index is 721. The normalized spacial score (nSPS) is 20.6. The van der Waals surface area contributed by atoms with Crippen LogP contribution in [-0.2, 0) is 0 Å². The Morgan fingerprint density at radius 1 is 1.44 bits per heavy atom. The minimum absolute atomic E-state index is 0.284. The summed E-state index contributed by atoms with van der Waals surface area (Å²) in [6.07, 6.45) is 10.3. The fourth-order valence-corrected chi connectivity index (χ4v) is 3.96. The number of hydrazone groups is 1. The number of aromatic nitrogens is 1. The quantitative estimate of drug-likeness (QED) is 0.524. The van der Waals surface area contributed by atoms with Crippen LogP contribution in [0.4, 0.5) is 5.88 Å². The number of thiophene rings is 1. The molecule has 6 heteroatoms. The summed E-state index contributed by atoms with van der Waals surface area (Å²) in [5.74, 6) is 2.19. The molecule has 2 aromatic heterocycles. The van der Waals surface area contributed by atoms with Gasteiger partial charge in [0.1, 0.15) is 6.07 Å². The zero-order valence-electron chi connectivity index (χ0n) is 14.6. The summed E-state index contributed by atoms with van der Waals surface area (Å²) in [5, 5.41) is 15.4. The van der Waals surface area contributed by atoms with Gasteiger partial charge in [0.2, 0.25) is 11.6 Å². The first-order chi connectivity index (χ1) is 12.3. The number of rotatable bonds is 7. The molecule has 25 heavy (non-hydrogen) atoms. The average Bonchev–Trinajstić information content (AvgIpc) is 3.30. The first kappa shape index (κ1) is 17.7. The van der Waals surface area contributed by atoms with Crippen LogP contribution in [0.2, 0.25) is 0 Å². The zero-order chi connectivity index (χ0) is 17.5. The van der Waals surface area contributed by atoms with Crippen LogP contribution in [0.15, 0.2) is 27.0 Å². The summed E-state index contributed by atoms with van der Waals surface area (Å²) in [4.78, 5) is 5.43. The number of anilines is 1. The van der Waals surface area contributed by atoms with Gasteiger partial charge in [0, 0.05) is 10.8 Å². The second-order valence-corrected chi connectivity index (χ2v) is 7.57. The fourth-order valence-electron chi connectivity index (χ4n) is 3.37. The van der Waals surface area contributed by atoms with Crippen molar-refractivity contribution < 1.29 is 4.42 Å². The minimum Gasteiger partial charge on any atom is -0.422 e. The van der Waals surface area contributed by atoms with Crippen molar-refractivity contribution in [1.29, 1.82) is 5.26 Å². The number of unbranched alkanes of at least 4 members (excludes halogenated alkanes) is 1. The summed E-state index contributed by atoms with van der Waals surface area (Å²) in [7, 11) is 0. The molecule has 1 N–H and O–H groups in total. The Morgan fingerprint density at radius 3 is 2.96 bits per heavy atom. The molecule has 3 rings (SSSR count). The predicted molar refractivity (Wildman–Crippen MR) is 101 cm³/mol. The van der Waals surface area contributed by atoms with E-state index in [0.717, 1.165) is 23.6 Å². The first-order valence-electron chi connectivity index (χ1n) is 9.03. The third-order valence-electron chi connectivity index (χ3n) is 4.81. The van der Waals surface area contributed by atoms with Crippen LogP contribution in [0.25, 0.3) is 0 Å². The molecule has 0 amide bonds. The lowest BCUT2D eigenvalue weighted by molar-refractivity contribution is 0.278. The van der Waals surface area contributed by atoms with Gasteiger partial charge >= 0.3 is 0 Å². The monoisotopic (exact) mass is 356 g/mol. The molecule has 1 saturated carbocycles. The van der Waals surface area contributed by atoms with E-state index in [-0.39, 0.29) is 5.69 Å². The molecule has 2 aromatic rings. The average molecular weight is 356 g/mol. The van der Waals surface area contributed by atoms with Gasteiger partial charge in [-0.15, -0.1) is 11.3 Å². The number of nitrogens with one attached hydrogen (secondary N) is 1. The Hall–Kier alpha value is -2.13. The van der Waals surface area contributed by atoms with Crippen LogP contribution in [0.5, 0.6) is 0 Å². The van der Waals surface area contributed by atoms with E-state index in [4.69, 9.17) is 4.42 Å². The van der Waals surface area contributed by atoms with E-state index >= 15 is 0 Å². The fraction of sp³-hybridized carbons (Fsp3) is 0.526. The summed E-state index contributed by atoms with van der Waals surface area (Å²) in [5.41, 5.74) is 3.11. The largest absolute Gasteiger partial charge is 0.422 e. The van der Waals surface area contributed by atoms with Gasteiger partial charge in [-0.1, -0.05) is 32.3 Å². The Balaban J connectivity index is 1.60. The molecular formula is C19H24N4OS. The number of oxazole rings is 1. The second kappa shape index (κ2) is 8.82. The van der Waals surface area contributed by atoms with Crippen LogP contribution in [0, 0.1) is 17.2 Å². The maximum absolute atomic E-state index is 9.29. The van der Waals surface area contributed by atoms with Crippen molar-refractivity contribution >= 4 is 23.4 Å². The lowest BCUT2D eigenvalue weighted by Gasteiger charge is -2.26. The number of nitrogens with zero attached hydrogens (tertiary/aromatic N) is 3. The van der Waals surface area contributed by atoms with E-state index in [0.29, 0.717) is 17.7 Å². The molecule has 1 fully saturated rings. The van der Waals surface area contributed by atoms with Crippen LogP contribution < -0.4 is 5.43 Å². The molecule has 1 aliphatic rings. The van der Waals surface area contributed by atoms with Crippen molar-refractivity contribution in [1.82, 2.24) is 4.98 Å². The molecular weight excluding hydrogens is 332 g/mol. The molecule has 2 heterocycles. The molecule has 132 valence electrons. The van der Waals surface area contributed by atoms with Gasteiger partial charge in [-0.05, 0) is 43.0 Å². The highest BCUT2D eigenvalue weighted by molar-refractivity contribution is 7.11. The summed E-state index contributed by atoms with van der Waals surface area (Å²) in [6.45, 7) is 2.25. The SMILES string of the molecule is CCCCC1CCC(c2nc(C#N)c(N/N=C\c3cccs3)o2)CC1. The van der Waals surface area contributed by atoms with Gasteiger partial charge < -0.3 is 4.42 Å².